The highest BCUT2D eigenvalue weighted by Crippen LogP contribution is 2.10. The number of hydrogen-bond acceptors (Lipinski definition) is 3. The van der Waals surface area contributed by atoms with Crippen LogP contribution >= 0.6 is 0 Å². The molecule has 0 saturated heterocycles. The van der Waals surface area contributed by atoms with Crippen molar-refractivity contribution in [1.82, 2.24) is 4.98 Å². The zero-order valence-electron chi connectivity index (χ0n) is 8.93. The Morgan fingerprint density at radius 1 is 1.60 bits per heavy atom. The third-order valence-electron chi connectivity index (χ3n) is 2.20. The van der Waals surface area contributed by atoms with Gasteiger partial charge in [0, 0.05) is 12.3 Å². The van der Waals surface area contributed by atoms with Gasteiger partial charge in [-0.25, -0.2) is 9.78 Å². The molecule has 0 bridgehead atoms. The van der Waals surface area contributed by atoms with Crippen molar-refractivity contribution in [2.45, 2.75) is 20.3 Å². The molecule has 4 nitrogen and oxygen atoms in total. The van der Waals surface area contributed by atoms with Crippen LogP contribution in [-0.2, 0) is 0 Å². The molecule has 1 heterocycles. The van der Waals surface area contributed by atoms with Gasteiger partial charge in [-0.2, -0.15) is 0 Å². The number of aromatic carboxylic acids is 1. The summed E-state index contributed by atoms with van der Waals surface area (Å²) >= 11 is 0. The normalized spacial score (nSPS) is 12.1. The maximum absolute atomic E-state index is 10.5. The topological polar surface area (TPSA) is 59.4 Å². The Bertz CT molecular complexity index is 321. The van der Waals surface area contributed by atoms with E-state index in [4.69, 9.17) is 9.84 Å². The minimum Gasteiger partial charge on any atom is -0.478 e. The van der Waals surface area contributed by atoms with Crippen molar-refractivity contribution in [1.29, 1.82) is 0 Å². The summed E-state index contributed by atoms with van der Waals surface area (Å²) in [7, 11) is 0. The summed E-state index contributed by atoms with van der Waals surface area (Å²) in [6, 6.07) is 3.06. The third kappa shape index (κ3) is 3.58. The Hall–Kier alpha value is -1.58. The molecule has 0 aliphatic rings. The second kappa shape index (κ2) is 5.34. The van der Waals surface area contributed by atoms with E-state index in [-0.39, 0.29) is 5.56 Å². The molecule has 0 aliphatic carbocycles. The quantitative estimate of drug-likeness (QED) is 0.807. The summed E-state index contributed by atoms with van der Waals surface area (Å²) in [6.45, 7) is 4.79. The van der Waals surface area contributed by atoms with Crippen LogP contribution in [-0.4, -0.2) is 22.7 Å². The first kappa shape index (κ1) is 11.5. The van der Waals surface area contributed by atoms with Crippen molar-refractivity contribution in [3.8, 4) is 5.88 Å². The van der Waals surface area contributed by atoms with E-state index in [0.717, 1.165) is 6.42 Å². The van der Waals surface area contributed by atoms with Crippen molar-refractivity contribution in [2.75, 3.05) is 6.61 Å². The van der Waals surface area contributed by atoms with Crippen LogP contribution < -0.4 is 4.74 Å². The Kier molecular flexibility index (Phi) is 4.09. The molecular formula is C11H15NO3. The fourth-order valence-electron chi connectivity index (χ4n) is 0.938. The van der Waals surface area contributed by atoms with Gasteiger partial charge in [0.05, 0.1) is 12.2 Å². The average Bonchev–Trinajstić information content (AvgIpc) is 2.26. The molecule has 1 aromatic rings. The van der Waals surface area contributed by atoms with Gasteiger partial charge in [0.2, 0.25) is 5.88 Å². The average molecular weight is 209 g/mol. The molecule has 4 heteroatoms. The van der Waals surface area contributed by atoms with E-state index in [1.165, 1.54) is 12.3 Å². The smallest absolute Gasteiger partial charge is 0.337 e. The van der Waals surface area contributed by atoms with Crippen LogP contribution in [0.15, 0.2) is 18.3 Å². The molecule has 1 atom stereocenters. The molecule has 0 spiro atoms. The molecule has 0 aromatic carbocycles. The summed E-state index contributed by atoms with van der Waals surface area (Å²) in [4.78, 5) is 14.4. The minimum absolute atomic E-state index is 0.172. The van der Waals surface area contributed by atoms with Crippen molar-refractivity contribution in [2.24, 2.45) is 5.92 Å². The first-order chi connectivity index (χ1) is 7.13. The molecule has 1 unspecified atom stereocenters. The lowest BCUT2D eigenvalue weighted by Crippen LogP contribution is -2.08. The third-order valence-corrected chi connectivity index (χ3v) is 2.20. The fourth-order valence-corrected chi connectivity index (χ4v) is 0.938. The number of carboxylic acids is 1. The Morgan fingerprint density at radius 2 is 2.33 bits per heavy atom. The number of hydrogen-bond donors (Lipinski definition) is 1. The second-order valence-electron chi connectivity index (χ2n) is 3.51. The van der Waals surface area contributed by atoms with Gasteiger partial charge in [0.25, 0.3) is 0 Å². The molecule has 0 aliphatic heterocycles. The van der Waals surface area contributed by atoms with Crippen LogP contribution in [0.3, 0.4) is 0 Å². The van der Waals surface area contributed by atoms with Gasteiger partial charge in [0.15, 0.2) is 0 Å². The summed E-state index contributed by atoms with van der Waals surface area (Å²) in [5.41, 5.74) is 0.172. The van der Waals surface area contributed by atoms with Gasteiger partial charge in [-0.1, -0.05) is 20.3 Å². The fraction of sp³-hybridized carbons (Fsp3) is 0.455. The maximum Gasteiger partial charge on any atom is 0.337 e. The standard InChI is InChI=1S/C11H15NO3/c1-3-8(2)7-15-10-5-4-9(6-12-10)11(13)14/h4-6,8H,3,7H2,1-2H3,(H,13,14). The molecule has 0 saturated carbocycles. The van der Waals surface area contributed by atoms with Crippen molar-refractivity contribution in [3.05, 3.63) is 23.9 Å². The molecule has 1 rings (SSSR count). The maximum atomic E-state index is 10.5. The number of ether oxygens (including phenoxy) is 1. The van der Waals surface area contributed by atoms with Gasteiger partial charge in [0.1, 0.15) is 0 Å². The monoisotopic (exact) mass is 209 g/mol. The van der Waals surface area contributed by atoms with E-state index in [1.807, 2.05) is 0 Å². The van der Waals surface area contributed by atoms with E-state index in [1.54, 1.807) is 6.07 Å². The van der Waals surface area contributed by atoms with Crippen LogP contribution in [0.25, 0.3) is 0 Å². The Labute approximate surface area is 88.9 Å². The van der Waals surface area contributed by atoms with Crippen LogP contribution in [0.5, 0.6) is 5.88 Å². The van der Waals surface area contributed by atoms with Gasteiger partial charge in [-0.05, 0) is 12.0 Å². The zero-order chi connectivity index (χ0) is 11.3. The highest BCUT2D eigenvalue weighted by Gasteiger charge is 2.04. The van der Waals surface area contributed by atoms with Gasteiger partial charge in [-0.3, -0.25) is 0 Å². The van der Waals surface area contributed by atoms with Crippen LogP contribution in [0.1, 0.15) is 30.6 Å². The van der Waals surface area contributed by atoms with E-state index < -0.39 is 5.97 Å². The van der Waals surface area contributed by atoms with E-state index in [2.05, 4.69) is 18.8 Å². The highest BCUT2D eigenvalue weighted by molar-refractivity contribution is 5.87. The molecule has 0 radical (unpaired) electrons. The molecule has 1 N–H and O–H groups in total. The molecule has 82 valence electrons. The van der Waals surface area contributed by atoms with Gasteiger partial charge in [-0.15, -0.1) is 0 Å². The number of nitrogens with zero attached hydrogens (tertiary/aromatic N) is 1. The van der Waals surface area contributed by atoms with Crippen LogP contribution in [0.2, 0.25) is 0 Å². The lowest BCUT2D eigenvalue weighted by molar-refractivity contribution is 0.0696. The van der Waals surface area contributed by atoms with Crippen molar-refractivity contribution < 1.29 is 14.6 Å². The molecule has 15 heavy (non-hydrogen) atoms. The molecule has 1 aromatic heterocycles. The summed E-state index contributed by atoms with van der Waals surface area (Å²) < 4.78 is 5.39. The predicted molar refractivity (Wildman–Crippen MR) is 56.1 cm³/mol. The number of rotatable bonds is 5. The van der Waals surface area contributed by atoms with Crippen molar-refractivity contribution in [3.63, 3.8) is 0 Å². The SMILES string of the molecule is CCC(C)COc1ccc(C(=O)O)cn1. The number of pyridine rings is 1. The van der Waals surface area contributed by atoms with Gasteiger partial charge < -0.3 is 9.84 Å². The zero-order valence-corrected chi connectivity index (χ0v) is 8.93. The lowest BCUT2D eigenvalue weighted by atomic mass is 10.1. The van der Waals surface area contributed by atoms with Crippen molar-refractivity contribution >= 4 is 5.97 Å². The minimum atomic E-state index is -0.976. The van der Waals surface area contributed by atoms with E-state index >= 15 is 0 Å². The lowest BCUT2D eigenvalue weighted by Gasteiger charge is -2.09. The van der Waals surface area contributed by atoms with Crippen LogP contribution in [0, 0.1) is 5.92 Å². The summed E-state index contributed by atoms with van der Waals surface area (Å²) in [6.07, 6.45) is 2.35. The Balaban J connectivity index is 2.53. The number of carbonyl (C=O) groups is 1. The first-order valence-electron chi connectivity index (χ1n) is 4.95. The number of aromatic nitrogens is 1. The predicted octanol–water partition coefficient (Wildman–Crippen LogP) is 2.20. The van der Waals surface area contributed by atoms with E-state index in [9.17, 15) is 4.79 Å². The second-order valence-corrected chi connectivity index (χ2v) is 3.51. The number of carboxylic acid groups (broad SMARTS) is 1. The first-order valence-corrected chi connectivity index (χ1v) is 4.95. The van der Waals surface area contributed by atoms with Crippen LogP contribution in [0.4, 0.5) is 0 Å². The highest BCUT2D eigenvalue weighted by atomic mass is 16.5. The van der Waals surface area contributed by atoms with Gasteiger partial charge >= 0.3 is 5.97 Å². The largest absolute Gasteiger partial charge is 0.478 e. The summed E-state index contributed by atoms with van der Waals surface area (Å²) in [5, 5.41) is 8.65. The Morgan fingerprint density at radius 3 is 2.80 bits per heavy atom. The molecule has 0 amide bonds. The van der Waals surface area contributed by atoms with E-state index in [0.29, 0.717) is 18.4 Å². The molecular weight excluding hydrogens is 194 g/mol. The summed E-state index contributed by atoms with van der Waals surface area (Å²) in [5.74, 6) is -0.0257. The molecule has 0 fully saturated rings.